The van der Waals surface area contributed by atoms with Crippen LogP contribution in [-0.2, 0) is 0 Å². The number of nitrogens with zero attached hydrogens (tertiary/aromatic N) is 3. The van der Waals surface area contributed by atoms with Crippen molar-refractivity contribution in [2.75, 3.05) is 7.05 Å². The van der Waals surface area contributed by atoms with Gasteiger partial charge in [-0.3, -0.25) is 10.1 Å². The molecule has 1 unspecified atom stereocenters. The van der Waals surface area contributed by atoms with Crippen molar-refractivity contribution in [2.24, 2.45) is 4.99 Å². The summed E-state index contributed by atoms with van der Waals surface area (Å²) in [5, 5.41) is 9.98. The van der Waals surface area contributed by atoms with Gasteiger partial charge in [-0.05, 0) is 0 Å². The molecule has 1 atom stereocenters. The van der Waals surface area contributed by atoms with Gasteiger partial charge in [0.1, 0.15) is 6.54 Å². The molecule has 5 nitrogen and oxygen atoms in total. The van der Waals surface area contributed by atoms with Crippen LogP contribution in [0.15, 0.2) is 4.99 Å². The Morgan fingerprint density at radius 1 is 1.89 bits per heavy atom. The summed E-state index contributed by atoms with van der Waals surface area (Å²) in [4.78, 5) is 14.7. The van der Waals surface area contributed by atoms with Gasteiger partial charge in [0, 0.05) is 12.0 Å². The molecule has 0 saturated carbocycles. The van der Waals surface area contributed by atoms with E-state index in [1.54, 1.807) is 11.9 Å². The molecule has 0 bridgehead atoms. The molecule has 1 aliphatic heterocycles. The molecule has 1 rings (SSSR count). The van der Waals surface area contributed by atoms with E-state index in [0.29, 0.717) is 0 Å². The molecule has 9 heavy (non-hydrogen) atoms. The predicted octanol–water partition coefficient (Wildman–Crippen LogP) is -0.275. The Hall–Kier alpha value is -1.13. The second kappa shape index (κ2) is 2.00. The number of aliphatic imine (C=N–C) groups is 1. The molecule has 1 aliphatic rings. The Balaban J connectivity index is 2.50. The molecule has 0 saturated heterocycles. The quantitative estimate of drug-likeness (QED) is 0.360. The lowest BCUT2D eigenvalue weighted by Gasteiger charge is -2.01. The molecular weight excluding hydrogens is 122 g/mol. The number of rotatable bonds is 1. The highest BCUT2D eigenvalue weighted by Gasteiger charge is 2.24. The number of likely N-dealkylation sites (N-methyl/N-ethyl adjacent to an activating group) is 1. The fourth-order valence-corrected chi connectivity index (χ4v) is 0.570. The minimum absolute atomic E-state index is 0.444. The van der Waals surface area contributed by atoms with Crippen LogP contribution in [0.25, 0.3) is 0 Å². The van der Waals surface area contributed by atoms with Crippen LogP contribution in [0.4, 0.5) is 0 Å². The van der Waals surface area contributed by atoms with Gasteiger partial charge in [0.25, 0.3) is 0 Å². The molecule has 0 amide bonds. The van der Waals surface area contributed by atoms with E-state index in [1.807, 2.05) is 0 Å². The number of hydrogen-bond donors (Lipinski definition) is 0. The molecule has 1 heterocycles. The smallest absolute Gasteiger partial charge is 0.327 e. The second-order valence-electron chi connectivity index (χ2n) is 1.78. The van der Waals surface area contributed by atoms with E-state index >= 15 is 0 Å². The van der Waals surface area contributed by atoms with Crippen molar-refractivity contribution < 1.29 is 4.92 Å². The SMILES string of the molecule is CN1[CH]C([N+](=O)[O-])N=C1. The summed E-state index contributed by atoms with van der Waals surface area (Å²) in [5.74, 6) is 0. The number of hydrogen-bond acceptors (Lipinski definition) is 4. The van der Waals surface area contributed by atoms with Crippen molar-refractivity contribution in [1.29, 1.82) is 0 Å². The van der Waals surface area contributed by atoms with E-state index in [2.05, 4.69) is 4.99 Å². The van der Waals surface area contributed by atoms with Gasteiger partial charge in [0.2, 0.25) is 0 Å². The summed E-state index contributed by atoms with van der Waals surface area (Å²) in [6.45, 7) is 1.43. The fraction of sp³-hybridized carbons (Fsp3) is 0.500. The zero-order valence-electron chi connectivity index (χ0n) is 4.89. The molecule has 0 aromatic rings. The highest BCUT2D eigenvalue weighted by molar-refractivity contribution is 5.58. The zero-order chi connectivity index (χ0) is 6.85. The molecular formula is C4H6N3O2. The van der Waals surface area contributed by atoms with Gasteiger partial charge in [-0.2, -0.15) is 0 Å². The lowest BCUT2D eigenvalue weighted by atomic mass is 10.5. The second-order valence-corrected chi connectivity index (χ2v) is 1.78. The van der Waals surface area contributed by atoms with Crippen LogP contribution in [0.2, 0.25) is 0 Å². The molecule has 0 aromatic heterocycles. The molecule has 1 radical (unpaired) electrons. The summed E-state index contributed by atoms with van der Waals surface area (Å²) in [5.41, 5.74) is 0. The lowest BCUT2D eigenvalue weighted by molar-refractivity contribution is -0.511. The largest absolute Gasteiger partial charge is 0.352 e. The average molecular weight is 128 g/mol. The predicted molar refractivity (Wildman–Crippen MR) is 31.3 cm³/mol. The third-order valence-corrected chi connectivity index (χ3v) is 0.986. The molecule has 0 aromatic carbocycles. The molecule has 0 N–H and O–H groups in total. The Kier molecular flexibility index (Phi) is 1.33. The Morgan fingerprint density at radius 3 is 2.78 bits per heavy atom. The van der Waals surface area contributed by atoms with Gasteiger partial charge in [-0.1, -0.05) is 0 Å². The Morgan fingerprint density at radius 2 is 2.56 bits per heavy atom. The van der Waals surface area contributed by atoms with Crippen molar-refractivity contribution in [2.45, 2.75) is 6.17 Å². The molecule has 0 spiro atoms. The van der Waals surface area contributed by atoms with Crippen LogP contribution >= 0.6 is 0 Å². The normalized spacial score (nSPS) is 25.0. The first kappa shape index (κ1) is 6.00. The van der Waals surface area contributed by atoms with Gasteiger partial charge in [0.05, 0.1) is 6.34 Å². The lowest BCUT2D eigenvalue weighted by Crippen LogP contribution is -2.19. The highest BCUT2D eigenvalue weighted by Crippen LogP contribution is 2.05. The highest BCUT2D eigenvalue weighted by atomic mass is 16.6. The standard InChI is InChI=1S/C4H6N3O2/c1-6-2-4(5-3-6)7(8)9/h2-4H,1H3. The topological polar surface area (TPSA) is 58.7 Å². The van der Waals surface area contributed by atoms with Crippen LogP contribution in [0, 0.1) is 16.7 Å². The van der Waals surface area contributed by atoms with Crippen LogP contribution in [0.5, 0.6) is 0 Å². The van der Waals surface area contributed by atoms with Crippen LogP contribution in [0.1, 0.15) is 0 Å². The van der Waals surface area contributed by atoms with Gasteiger partial charge < -0.3 is 4.90 Å². The third kappa shape index (κ3) is 1.16. The van der Waals surface area contributed by atoms with E-state index in [4.69, 9.17) is 0 Å². The molecule has 0 fully saturated rings. The van der Waals surface area contributed by atoms with E-state index in [1.165, 1.54) is 12.9 Å². The minimum Gasteiger partial charge on any atom is -0.352 e. The number of nitro groups is 1. The van der Waals surface area contributed by atoms with Crippen LogP contribution in [-0.4, -0.2) is 29.4 Å². The van der Waals surface area contributed by atoms with E-state index in [0.717, 1.165) is 0 Å². The van der Waals surface area contributed by atoms with Gasteiger partial charge in [-0.15, -0.1) is 0 Å². The summed E-state index contributed by atoms with van der Waals surface area (Å²) in [6.07, 6.45) is 0.558. The van der Waals surface area contributed by atoms with Crippen molar-refractivity contribution in [3.8, 4) is 0 Å². The zero-order valence-corrected chi connectivity index (χ0v) is 4.89. The van der Waals surface area contributed by atoms with Gasteiger partial charge in [0.15, 0.2) is 0 Å². The summed E-state index contributed by atoms with van der Waals surface area (Å²) in [6, 6.07) is 0. The maximum atomic E-state index is 9.98. The van der Waals surface area contributed by atoms with Gasteiger partial charge in [-0.25, -0.2) is 4.99 Å². The maximum Gasteiger partial charge on any atom is 0.327 e. The first-order valence-electron chi connectivity index (χ1n) is 2.44. The van der Waals surface area contributed by atoms with E-state index in [-0.39, 0.29) is 0 Å². The Labute approximate surface area is 52.1 Å². The Bertz CT molecular complexity index is 156. The van der Waals surface area contributed by atoms with Gasteiger partial charge >= 0.3 is 6.17 Å². The van der Waals surface area contributed by atoms with E-state index < -0.39 is 11.1 Å². The van der Waals surface area contributed by atoms with Crippen molar-refractivity contribution in [3.63, 3.8) is 0 Å². The summed E-state index contributed by atoms with van der Waals surface area (Å²) in [7, 11) is 1.70. The minimum atomic E-state index is -0.866. The van der Waals surface area contributed by atoms with Crippen LogP contribution < -0.4 is 0 Å². The van der Waals surface area contributed by atoms with Crippen molar-refractivity contribution in [1.82, 2.24) is 4.90 Å². The first-order valence-corrected chi connectivity index (χ1v) is 2.44. The van der Waals surface area contributed by atoms with Crippen LogP contribution in [0.3, 0.4) is 0 Å². The third-order valence-electron chi connectivity index (χ3n) is 0.986. The molecule has 49 valence electrons. The fourth-order valence-electron chi connectivity index (χ4n) is 0.570. The first-order chi connectivity index (χ1) is 4.20. The molecule has 5 heteroatoms. The maximum absolute atomic E-state index is 9.98. The average Bonchev–Trinajstić information content (AvgIpc) is 2.14. The monoisotopic (exact) mass is 128 g/mol. The molecule has 0 aliphatic carbocycles. The van der Waals surface area contributed by atoms with Crippen molar-refractivity contribution in [3.05, 3.63) is 16.7 Å². The summed E-state index contributed by atoms with van der Waals surface area (Å²) >= 11 is 0. The summed E-state index contributed by atoms with van der Waals surface area (Å²) < 4.78 is 0. The van der Waals surface area contributed by atoms with E-state index in [9.17, 15) is 10.1 Å². The van der Waals surface area contributed by atoms with Crippen molar-refractivity contribution >= 4 is 6.34 Å².